The topological polar surface area (TPSA) is 61.4 Å². The van der Waals surface area contributed by atoms with Crippen molar-refractivity contribution in [2.45, 2.75) is 31.7 Å². The lowest BCUT2D eigenvalue weighted by atomic mass is 9.98. The van der Waals surface area contributed by atoms with E-state index < -0.39 is 0 Å². The lowest BCUT2D eigenvalue weighted by Crippen LogP contribution is -2.45. The summed E-state index contributed by atoms with van der Waals surface area (Å²) in [6, 6.07) is 5.53. The van der Waals surface area contributed by atoms with Gasteiger partial charge < -0.3 is 15.5 Å². The minimum Gasteiger partial charge on any atom is -0.384 e. The van der Waals surface area contributed by atoms with Gasteiger partial charge in [0.2, 0.25) is 5.91 Å². The second kappa shape index (κ2) is 5.76. The van der Waals surface area contributed by atoms with E-state index in [9.17, 15) is 9.59 Å². The molecule has 0 aromatic heterocycles. The maximum atomic E-state index is 12.9. The first-order valence-corrected chi connectivity index (χ1v) is 7.60. The van der Waals surface area contributed by atoms with E-state index in [1.165, 1.54) is 5.56 Å². The maximum Gasteiger partial charge on any atom is 0.256 e. The van der Waals surface area contributed by atoms with Crippen molar-refractivity contribution in [1.29, 1.82) is 0 Å². The summed E-state index contributed by atoms with van der Waals surface area (Å²) in [5, 5.41) is 6.00. The number of amides is 2. The van der Waals surface area contributed by atoms with Crippen LogP contribution in [0.25, 0.3) is 0 Å². The van der Waals surface area contributed by atoms with E-state index in [1.54, 1.807) is 11.9 Å². The van der Waals surface area contributed by atoms with E-state index in [0.29, 0.717) is 12.1 Å². The van der Waals surface area contributed by atoms with Gasteiger partial charge in [0.05, 0.1) is 11.3 Å². The number of para-hydroxylation sites is 1. The van der Waals surface area contributed by atoms with Gasteiger partial charge in [0.15, 0.2) is 0 Å². The van der Waals surface area contributed by atoms with Crippen molar-refractivity contribution in [3.63, 3.8) is 0 Å². The van der Waals surface area contributed by atoms with Crippen molar-refractivity contribution in [1.82, 2.24) is 10.2 Å². The van der Waals surface area contributed by atoms with Gasteiger partial charge in [-0.05, 0) is 37.3 Å². The molecule has 3 rings (SSSR count). The first-order chi connectivity index (χ1) is 10.2. The molecule has 0 spiro atoms. The largest absolute Gasteiger partial charge is 0.384 e. The summed E-state index contributed by atoms with van der Waals surface area (Å²) in [4.78, 5) is 26.5. The van der Waals surface area contributed by atoms with Gasteiger partial charge in [0, 0.05) is 20.1 Å². The van der Waals surface area contributed by atoms with Crippen LogP contribution in [0.4, 0.5) is 5.69 Å². The van der Waals surface area contributed by atoms with Gasteiger partial charge in [-0.15, -0.1) is 0 Å². The molecule has 2 N–H and O–H groups in total. The van der Waals surface area contributed by atoms with Crippen molar-refractivity contribution < 1.29 is 9.59 Å². The Morgan fingerprint density at radius 2 is 2.19 bits per heavy atom. The molecule has 21 heavy (non-hydrogen) atoms. The summed E-state index contributed by atoms with van der Waals surface area (Å²) in [5.74, 6) is -0.106. The highest BCUT2D eigenvalue weighted by Gasteiger charge is 2.35. The number of likely N-dealkylation sites (N-methyl/N-ethyl adjacent to an activating group) is 1. The van der Waals surface area contributed by atoms with Crippen LogP contribution in [0.1, 0.15) is 35.2 Å². The highest BCUT2D eigenvalue weighted by molar-refractivity contribution is 6.02. The second-order valence-electron chi connectivity index (χ2n) is 5.64. The number of aryl methyl sites for hydroxylation is 1. The Kier molecular flexibility index (Phi) is 3.82. The lowest BCUT2D eigenvalue weighted by Gasteiger charge is -2.26. The molecule has 1 aromatic carbocycles. The molecule has 0 bridgehead atoms. The number of hydrogen-bond acceptors (Lipinski definition) is 3. The van der Waals surface area contributed by atoms with Crippen molar-refractivity contribution >= 4 is 17.5 Å². The normalized spacial score (nSPS) is 20.6. The maximum absolute atomic E-state index is 12.9. The Labute approximate surface area is 124 Å². The van der Waals surface area contributed by atoms with Crippen LogP contribution in [-0.4, -0.2) is 42.9 Å². The predicted octanol–water partition coefficient (Wildman–Crippen LogP) is 1.40. The molecular weight excluding hydrogens is 266 g/mol. The minimum absolute atomic E-state index is 0.0349. The zero-order chi connectivity index (χ0) is 14.8. The van der Waals surface area contributed by atoms with Crippen LogP contribution < -0.4 is 10.6 Å². The third kappa shape index (κ3) is 2.48. The molecule has 2 aliphatic rings. The molecular formula is C16H21N3O2. The van der Waals surface area contributed by atoms with Gasteiger partial charge in [0.25, 0.3) is 5.91 Å². The Hall–Kier alpha value is -2.04. The number of benzene rings is 1. The van der Waals surface area contributed by atoms with Crippen molar-refractivity contribution in [3.8, 4) is 0 Å². The monoisotopic (exact) mass is 287 g/mol. The van der Waals surface area contributed by atoms with E-state index in [1.807, 2.05) is 12.1 Å². The van der Waals surface area contributed by atoms with E-state index in [4.69, 9.17) is 0 Å². The van der Waals surface area contributed by atoms with Gasteiger partial charge >= 0.3 is 0 Å². The average Bonchev–Trinajstić information content (AvgIpc) is 3.02. The number of anilines is 1. The smallest absolute Gasteiger partial charge is 0.256 e. The van der Waals surface area contributed by atoms with Crippen molar-refractivity contribution in [2.75, 3.05) is 25.5 Å². The van der Waals surface area contributed by atoms with Gasteiger partial charge in [-0.3, -0.25) is 9.59 Å². The summed E-state index contributed by atoms with van der Waals surface area (Å²) in [7, 11) is 1.62. The van der Waals surface area contributed by atoms with E-state index in [-0.39, 0.29) is 17.9 Å². The van der Waals surface area contributed by atoms with Gasteiger partial charge in [-0.1, -0.05) is 12.1 Å². The summed E-state index contributed by atoms with van der Waals surface area (Å²) in [6.07, 6.45) is 3.72. The zero-order valence-corrected chi connectivity index (χ0v) is 12.3. The van der Waals surface area contributed by atoms with E-state index >= 15 is 0 Å². The molecule has 1 atom stereocenters. The van der Waals surface area contributed by atoms with Crippen LogP contribution in [0.15, 0.2) is 18.2 Å². The molecule has 0 radical (unpaired) electrons. The third-order valence-corrected chi connectivity index (χ3v) is 4.37. The van der Waals surface area contributed by atoms with E-state index in [0.717, 1.165) is 37.9 Å². The van der Waals surface area contributed by atoms with Crippen LogP contribution in [0, 0.1) is 0 Å². The van der Waals surface area contributed by atoms with Gasteiger partial charge in [-0.25, -0.2) is 0 Å². The SMILES string of the molecule is CNC(=O)C1CCCN1C(=O)c1cccc2c1NCCC2. The van der Waals surface area contributed by atoms with Crippen LogP contribution >= 0.6 is 0 Å². The Bertz CT molecular complexity index is 571. The number of nitrogens with one attached hydrogen (secondary N) is 2. The number of fused-ring (bicyclic) bond motifs is 1. The number of likely N-dealkylation sites (tertiary alicyclic amines) is 1. The average molecular weight is 287 g/mol. The predicted molar refractivity (Wildman–Crippen MR) is 81.4 cm³/mol. The Balaban J connectivity index is 1.90. The lowest BCUT2D eigenvalue weighted by molar-refractivity contribution is -0.124. The van der Waals surface area contributed by atoms with Gasteiger partial charge in [0.1, 0.15) is 6.04 Å². The number of carbonyl (C=O) groups excluding carboxylic acids is 2. The molecule has 1 saturated heterocycles. The van der Waals surface area contributed by atoms with Crippen LogP contribution in [-0.2, 0) is 11.2 Å². The summed E-state index contributed by atoms with van der Waals surface area (Å²) < 4.78 is 0. The van der Waals surface area contributed by atoms with Crippen LogP contribution in [0.3, 0.4) is 0 Å². The quantitative estimate of drug-likeness (QED) is 0.864. The molecule has 2 aliphatic heterocycles. The molecule has 0 aliphatic carbocycles. The summed E-state index contributed by atoms with van der Waals surface area (Å²) in [5.41, 5.74) is 2.85. The number of rotatable bonds is 2. The third-order valence-electron chi connectivity index (χ3n) is 4.37. The fourth-order valence-electron chi connectivity index (χ4n) is 3.29. The molecule has 5 nitrogen and oxygen atoms in total. The standard InChI is InChI=1S/C16H21N3O2/c1-17-15(20)13-8-4-10-19(13)16(21)12-7-2-5-11-6-3-9-18-14(11)12/h2,5,7,13,18H,3-4,6,8-10H2,1H3,(H,17,20). The molecule has 0 saturated carbocycles. The number of nitrogens with zero attached hydrogens (tertiary/aromatic N) is 1. The fraction of sp³-hybridized carbons (Fsp3) is 0.500. The highest BCUT2D eigenvalue weighted by Crippen LogP contribution is 2.29. The fourth-order valence-corrected chi connectivity index (χ4v) is 3.29. The summed E-state index contributed by atoms with van der Waals surface area (Å²) in [6.45, 7) is 1.55. The first-order valence-electron chi connectivity index (χ1n) is 7.60. The zero-order valence-electron chi connectivity index (χ0n) is 12.3. The van der Waals surface area contributed by atoms with Crippen LogP contribution in [0.5, 0.6) is 0 Å². The Morgan fingerprint density at radius 1 is 1.33 bits per heavy atom. The number of carbonyl (C=O) groups is 2. The van der Waals surface area contributed by atoms with Crippen molar-refractivity contribution in [3.05, 3.63) is 29.3 Å². The molecule has 2 heterocycles. The minimum atomic E-state index is -0.332. The first kappa shape index (κ1) is 13.9. The molecule has 1 unspecified atom stereocenters. The van der Waals surface area contributed by atoms with Gasteiger partial charge in [-0.2, -0.15) is 0 Å². The van der Waals surface area contributed by atoms with Crippen molar-refractivity contribution in [2.24, 2.45) is 0 Å². The molecule has 1 fully saturated rings. The molecule has 2 amide bonds. The second-order valence-corrected chi connectivity index (χ2v) is 5.64. The van der Waals surface area contributed by atoms with E-state index in [2.05, 4.69) is 16.7 Å². The highest BCUT2D eigenvalue weighted by atomic mass is 16.2. The molecule has 112 valence electrons. The van der Waals surface area contributed by atoms with Crippen LogP contribution in [0.2, 0.25) is 0 Å². The summed E-state index contributed by atoms with van der Waals surface area (Å²) >= 11 is 0. The molecule has 1 aromatic rings. The number of hydrogen-bond donors (Lipinski definition) is 2. The Morgan fingerprint density at radius 3 is 3.00 bits per heavy atom. The molecule has 5 heteroatoms.